The van der Waals surface area contributed by atoms with E-state index in [0.29, 0.717) is 17.4 Å². The first-order valence-electron chi connectivity index (χ1n) is 7.60. The van der Waals surface area contributed by atoms with E-state index in [1.54, 1.807) is 11.3 Å². The lowest BCUT2D eigenvalue weighted by molar-refractivity contribution is 0.0688. The third kappa shape index (κ3) is 2.37. The molecule has 3 heterocycles. The molecule has 1 atom stereocenters. The number of carbonyl (C=O) groups is 1. The quantitative estimate of drug-likeness (QED) is 0.942. The normalized spacial score (nSPS) is 19.1. The Labute approximate surface area is 124 Å². The molecule has 2 aromatic rings. The first-order valence-corrected chi connectivity index (χ1v) is 7.60. The fourth-order valence-electron chi connectivity index (χ4n) is 3.34. The molecule has 0 aromatic carbocycles. The zero-order valence-electron chi connectivity index (χ0n) is 12.5. The van der Waals surface area contributed by atoms with E-state index in [0.717, 1.165) is 18.7 Å². The number of piperidine rings is 1. The maximum atomic E-state index is 11.4. The van der Waals surface area contributed by atoms with Crippen molar-refractivity contribution in [3.05, 3.63) is 29.7 Å². The van der Waals surface area contributed by atoms with Crippen LogP contribution in [0.25, 0.3) is 5.65 Å². The molecule has 0 bridgehead atoms. The number of anilines is 1. The average molecular weight is 287 g/mol. The largest absolute Gasteiger partial charge is 0.477 e. The van der Waals surface area contributed by atoms with Crippen LogP contribution in [0.1, 0.15) is 48.8 Å². The van der Waals surface area contributed by atoms with E-state index < -0.39 is 5.97 Å². The Kier molecular flexibility index (Phi) is 3.57. The monoisotopic (exact) mass is 287 g/mol. The highest BCUT2D eigenvalue weighted by Crippen LogP contribution is 2.27. The van der Waals surface area contributed by atoms with Crippen molar-refractivity contribution in [2.24, 2.45) is 0 Å². The summed E-state index contributed by atoms with van der Waals surface area (Å²) in [5, 5.41) is 9.38. The van der Waals surface area contributed by atoms with Gasteiger partial charge in [-0.3, -0.25) is 4.40 Å². The van der Waals surface area contributed by atoms with Crippen molar-refractivity contribution in [2.45, 2.75) is 45.6 Å². The number of nitrogens with zero attached hydrogens (tertiary/aromatic N) is 3. The van der Waals surface area contributed by atoms with E-state index in [1.165, 1.54) is 19.3 Å². The van der Waals surface area contributed by atoms with Gasteiger partial charge in [0.15, 0.2) is 5.69 Å². The third-order valence-electron chi connectivity index (χ3n) is 4.41. The number of pyridine rings is 1. The summed E-state index contributed by atoms with van der Waals surface area (Å²) in [6.45, 7) is 5.00. The maximum absolute atomic E-state index is 11.4. The van der Waals surface area contributed by atoms with E-state index in [2.05, 4.69) is 22.9 Å². The second kappa shape index (κ2) is 5.39. The first kappa shape index (κ1) is 13.9. The molecule has 1 aliphatic rings. The minimum atomic E-state index is -0.928. The smallest absolute Gasteiger partial charge is 0.354 e. The van der Waals surface area contributed by atoms with Gasteiger partial charge in [0.25, 0.3) is 0 Å². The molecule has 0 amide bonds. The number of aryl methyl sites for hydroxylation is 1. The molecular formula is C16H21N3O2. The van der Waals surface area contributed by atoms with Crippen molar-refractivity contribution in [1.82, 2.24) is 9.38 Å². The highest BCUT2D eigenvalue weighted by molar-refractivity contribution is 5.88. The van der Waals surface area contributed by atoms with Crippen LogP contribution in [0.4, 0.5) is 5.69 Å². The SMILES string of the molecule is CCC1CCCCN1c1ccc2nc(C)c(C(=O)O)n2c1. The summed E-state index contributed by atoms with van der Waals surface area (Å²) >= 11 is 0. The van der Waals surface area contributed by atoms with Gasteiger partial charge in [0.2, 0.25) is 0 Å². The summed E-state index contributed by atoms with van der Waals surface area (Å²) in [6.07, 6.45) is 6.73. The van der Waals surface area contributed by atoms with Crippen LogP contribution >= 0.6 is 0 Å². The van der Waals surface area contributed by atoms with Crippen molar-refractivity contribution in [3.63, 3.8) is 0 Å². The van der Waals surface area contributed by atoms with Crippen LogP contribution in [0.2, 0.25) is 0 Å². The minimum Gasteiger partial charge on any atom is -0.477 e. The Morgan fingerprint density at radius 2 is 2.24 bits per heavy atom. The summed E-state index contributed by atoms with van der Waals surface area (Å²) < 4.78 is 1.70. The fraction of sp³-hybridized carbons (Fsp3) is 0.500. The molecule has 5 nitrogen and oxygen atoms in total. The van der Waals surface area contributed by atoms with Crippen LogP contribution in [-0.4, -0.2) is 33.0 Å². The summed E-state index contributed by atoms with van der Waals surface area (Å²) in [6, 6.07) is 4.52. The highest BCUT2D eigenvalue weighted by Gasteiger charge is 2.22. The number of carboxylic acids is 1. The van der Waals surface area contributed by atoms with Gasteiger partial charge >= 0.3 is 5.97 Å². The van der Waals surface area contributed by atoms with Gasteiger partial charge in [-0.05, 0) is 44.7 Å². The average Bonchev–Trinajstić information content (AvgIpc) is 2.82. The van der Waals surface area contributed by atoms with Crippen LogP contribution in [-0.2, 0) is 0 Å². The van der Waals surface area contributed by atoms with Crippen LogP contribution < -0.4 is 4.90 Å². The molecule has 0 aliphatic carbocycles. The number of hydrogen-bond acceptors (Lipinski definition) is 3. The molecule has 3 rings (SSSR count). The van der Waals surface area contributed by atoms with Crippen molar-refractivity contribution in [2.75, 3.05) is 11.4 Å². The van der Waals surface area contributed by atoms with Gasteiger partial charge in [-0.1, -0.05) is 6.92 Å². The Morgan fingerprint density at radius 3 is 2.95 bits per heavy atom. The number of hydrogen-bond donors (Lipinski definition) is 1. The molecule has 0 radical (unpaired) electrons. The van der Waals surface area contributed by atoms with Gasteiger partial charge in [-0.2, -0.15) is 0 Å². The zero-order valence-corrected chi connectivity index (χ0v) is 12.5. The molecule has 2 aromatic heterocycles. The van der Waals surface area contributed by atoms with E-state index in [9.17, 15) is 9.90 Å². The Morgan fingerprint density at radius 1 is 1.43 bits per heavy atom. The van der Waals surface area contributed by atoms with Crippen molar-refractivity contribution >= 4 is 17.3 Å². The van der Waals surface area contributed by atoms with Crippen LogP contribution in [0.3, 0.4) is 0 Å². The molecule has 1 N–H and O–H groups in total. The summed E-state index contributed by atoms with van der Waals surface area (Å²) in [5.74, 6) is -0.928. The molecule has 1 unspecified atom stereocenters. The van der Waals surface area contributed by atoms with Crippen molar-refractivity contribution < 1.29 is 9.90 Å². The summed E-state index contributed by atoms with van der Waals surface area (Å²) in [4.78, 5) is 18.2. The van der Waals surface area contributed by atoms with Crippen LogP contribution in [0.5, 0.6) is 0 Å². The Balaban J connectivity index is 2.07. The molecule has 1 aliphatic heterocycles. The molecule has 112 valence electrons. The zero-order chi connectivity index (χ0) is 15.0. The van der Waals surface area contributed by atoms with Gasteiger partial charge in [-0.25, -0.2) is 9.78 Å². The number of aromatic nitrogens is 2. The summed E-state index contributed by atoms with van der Waals surface area (Å²) in [5.41, 5.74) is 2.61. The van der Waals surface area contributed by atoms with E-state index in [-0.39, 0.29) is 5.69 Å². The number of fused-ring (bicyclic) bond motifs is 1. The lowest BCUT2D eigenvalue weighted by Gasteiger charge is -2.37. The second-order valence-electron chi connectivity index (χ2n) is 5.72. The predicted octanol–water partition coefficient (Wildman–Crippen LogP) is 3.11. The van der Waals surface area contributed by atoms with Gasteiger partial charge in [0, 0.05) is 18.8 Å². The van der Waals surface area contributed by atoms with Crippen LogP contribution in [0, 0.1) is 6.92 Å². The number of carboxylic acid groups (broad SMARTS) is 1. The van der Waals surface area contributed by atoms with E-state index >= 15 is 0 Å². The summed E-state index contributed by atoms with van der Waals surface area (Å²) in [7, 11) is 0. The Hall–Kier alpha value is -2.04. The van der Waals surface area contributed by atoms with Gasteiger partial charge < -0.3 is 10.0 Å². The third-order valence-corrected chi connectivity index (χ3v) is 4.41. The van der Waals surface area contributed by atoms with Crippen molar-refractivity contribution in [1.29, 1.82) is 0 Å². The lowest BCUT2D eigenvalue weighted by Crippen LogP contribution is -2.39. The van der Waals surface area contributed by atoms with Gasteiger partial charge in [0.05, 0.1) is 11.4 Å². The highest BCUT2D eigenvalue weighted by atomic mass is 16.4. The fourth-order valence-corrected chi connectivity index (χ4v) is 3.34. The van der Waals surface area contributed by atoms with Gasteiger partial charge in [0.1, 0.15) is 5.65 Å². The molecule has 0 saturated carbocycles. The van der Waals surface area contributed by atoms with Crippen molar-refractivity contribution in [3.8, 4) is 0 Å². The number of rotatable bonds is 3. The predicted molar refractivity (Wildman–Crippen MR) is 82.2 cm³/mol. The number of imidazole rings is 1. The maximum Gasteiger partial charge on any atom is 0.354 e. The molecule has 1 saturated heterocycles. The van der Waals surface area contributed by atoms with Crippen LogP contribution in [0.15, 0.2) is 18.3 Å². The number of aromatic carboxylic acids is 1. The molecule has 1 fully saturated rings. The van der Waals surface area contributed by atoms with Gasteiger partial charge in [-0.15, -0.1) is 0 Å². The molecule has 5 heteroatoms. The first-order chi connectivity index (χ1) is 10.1. The second-order valence-corrected chi connectivity index (χ2v) is 5.72. The van der Waals surface area contributed by atoms with E-state index in [4.69, 9.17) is 0 Å². The van der Waals surface area contributed by atoms with E-state index in [1.807, 2.05) is 12.3 Å². The Bertz CT molecular complexity index is 677. The lowest BCUT2D eigenvalue weighted by atomic mass is 9.99. The molecular weight excluding hydrogens is 266 g/mol. The standard InChI is InChI=1S/C16H21N3O2/c1-3-12-6-4-5-9-18(12)13-7-8-14-17-11(2)15(16(20)21)19(14)10-13/h7-8,10,12H,3-6,9H2,1-2H3,(H,20,21). The minimum absolute atomic E-state index is 0.261. The molecule has 21 heavy (non-hydrogen) atoms. The topological polar surface area (TPSA) is 57.8 Å². The molecule has 0 spiro atoms.